The number of rotatable bonds is 5. The molecule has 0 radical (unpaired) electrons. The summed E-state index contributed by atoms with van der Waals surface area (Å²) in [6, 6.07) is 11.8. The van der Waals surface area contributed by atoms with Crippen LogP contribution in [0.5, 0.6) is 5.75 Å². The van der Waals surface area contributed by atoms with Gasteiger partial charge in [-0.3, -0.25) is 4.79 Å². The van der Waals surface area contributed by atoms with Crippen molar-refractivity contribution < 1.29 is 14.7 Å². The lowest BCUT2D eigenvalue weighted by atomic mass is 10.1. The molecule has 2 N–H and O–H groups in total. The first-order valence-electron chi connectivity index (χ1n) is 9.49. The maximum absolute atomic E-state index is 12.6. The minimum absolute atomic E-state index is 0.118. The third-order valence-electron chi connectivity index (χ3n) is 4.87. The number of nitrogens with zero attached hydrogens (tertiary/aromatic N) is 2. The number of aromatic hydroxyl groups is 1. The van der Waals surface area contributed by atoms with Crippen LogP contribution in [-0.4, -0.2) is 59.6 Å². The van der Waals surface area contributed by atoms with E-state index >= 15 is 0 Å². The van der Waals surface area contributed by atoms with Gasteiger partial charge in [-0.1, -0.05) is 35.3 Å². The fourth-order valence-electron chi connectivity index (χ4n) is 3.21. The number of piperazine rings is 1. The zero-order valence-electron chi connectivity index (χ0n) is 15.9. The van der Waals surface area contributed by atoms with Crippen molar-refractivity contribution in [3.8, 4) is 5.75 Å². The second kappa shape index (κ2) is 9.85. The number of nitrogens with one attached hydrogen (secondary N) is 1. The number of aryl methyl sites for hydroxylation is 1. The van der Waals surface area contributed by atoms with Gasteiger partial charge < -0.3 is 20.2 Å². The molecule has 2 aromatic carbocycles. The molecule has 2 aromatic rings. The summed E-state index contributed by atoms with van der Waals surface area (Å²) in [5.74, 6) is 0.0960. The van der Waals surface area contributed by atoms with Crippen molar-refractivity contribution in [3.63, 3.8) is 0 Å². The van der Waals surface area contributed by atoms with Crippen LogP contribution >= 0.6 is 23.2 Å². The summed E-state index contributed by atoms with van der Waals surface area (Å²) >= 11 is 12.0. The van der Waals surface area contributed by atoms with Crippen LogP contribution in [0.1, 0.15) is 22.3 Å². The van der Waals surface area contributed by atoms with E-state index in [-0.39, 0.29) is 17.7 Å². The number of phenolic OH excluding ortho intramolecular Hbond substituents is 1. The Bertz CT molecular complexity index is 866. The van der Waals surface area contributed by atoms with Gasteiger partial charge in [-0.05, 0) is 48.7 Å². The number of halogens is 2. The number of phenols is 1. The molecular formula is C21H23Cl2N3O3. The van der Waals surface area contributed by atoms with Crippen molar-refractivity contribution in [1.82, 2.24) is 15.1 Å². The Kier molecular flexibility index (Phi) is 7.23. The number of amides is 3. The van der Waals surface area contributed by atoms with Crippen LogP contribution in [0.25, 0.3) is 0 Å². The number of hydrogen-bond acceptors (Lipinski definition) is 3. The summed E-state index contributed by atoms with van der Waals surface area (Å²) in [7, 11) is 0. The van der Waals surface area contributed by atoms with Crippen LogP contribution in [-0.2, 0) is 6.42 Å². The molecule has 0 aliphatic carbocycles. The van der Waals surface area contributed by atoms with E-state index in [2.05, 4.69) is 5.32 Å². The lowest BCUT2D eigenvalue weighted by Gasteiger charge is -2.35. The van der Waals surface area contributed by atoms with Crippen molar-refractivity contribution in [3.05, 3.63) is 63.6 Å². The first-order valence-corrected chi connectivity index (χ1v) is 10.2. The quantitative estimate of drug-likeness (QED) is 0.701. The van der Waals surface area contributed by atoms with Gasteiger partial charge in [0.1, 0.15) is 5.75 Å². The summed E-state index contributed by atoms with van der Waals surface area (Å²) in [5.41, 5.74) is 1.54. The van der Waals surface area contributed by atoms with E-state index in [0.717, 1.165) is 18.4 Å². The zero-order chi connectivity index (χ0) is 20.8. The highest BCUT2D eigenvalue weighted by Crippen LogP contribution is 2.22. The van der Waals surface area contributed by atoms with Crippen molar-refractivity contribution in [2.75, 3.05) is 32.7 Å². The third kappa shape index (κ3) is 5.78. The lowest BCUT2D eigenvalue weighted by Crippen LogP contribution is -2.53. The second-order valence-electron chi connectivity index (χ2n) is 6.91. The van der Waals surface area contributed by atoms with Crippen LogP contribution in [0.3, 0.4) is 0 Å². The molecule has 1 aliphatic heterocycles. The molecule has 0 aromatic heterocycles. The van der Waals surface area contributed by atoms with Gasteiger partial charge in [0.05, 0.1) is 10.6 Å². The molecule has 0 spiro atoms. The van der Waals surface area contributed by atoms with Gasteiger partial charge in [-0.2, -0.15) is 0 Å². The van der Waals surface area contributed by atoms with Gasteiger partial charge in [0.25, 0.3) is 5.91 Å². The number of carbonyl (C=O) groups is 2. The highest BCUT2D eigenvalue weighted by molar-refractivity contribution is 6.36. The van der Waals surface area contributed by atoms with Crippen molar-refractivity contribution in [2.45, 2.75) is 12.8 Å². The van der Waals surface area contributed by atoms with Crippen molar-refractivity contribution >= 4 is 35.1 Å². The summed E-state index contributed by atoms with van der Waals surface area (Å²) in [6.45, 7) is 2.43. The molecule has 1 heterocycles. The van der Waals surface area contributed by atoms with Crippen LogP contribution in [0.2, 0.25) is 10.0 Å². The fourth-order valence-corrected chi connectivity index (χ4v) is 3.70. The molecule has 3 amide bonds. The van der Waals surface area contributed by atoms with Crippen molar-refractivity contribution in [2.24, 2.45) is 0 Å². The first-order chi connectivity index (χ1) is 13.9. The Balaban J connectivity index is 1.41. The lowest BCUT2D eigenvalue weighted by molar-refractivity contribution is 0.0665. The van der Waals surface area contributed by atoms with Crippen LogP contribution in [0.4, 0.5) is 4.79 Å². The molecule has 8 heteroatoms. The van der Waals surface area contributed by atoms with E-state index in [1.165, 1.54) is 0 Å². The van der Waals surface area contributed by atoms with E-state index in [1.807, 2.05) is 12.1 Å². The van der Waals surface area contributed by atoms with E-state index < -0.39 is 0 Å². The fraction of sp³-hybridized carbons (Fsp3) is 0.333. The molecule has 3 rings (SSSR count). The molecular weight excluding hydrogens is 413 g/mol. The molecule has 1 fully saturated rings. The smallest absolute Gasteiger partial charge is 0.317 e. The van der Waals surface area contributed by atoms with Gasteiger partial charge in [0, 0.05) is 37.7 Å². The van der Waals surface area contributed by atoms with Gasteiger partial charge in [0.2, 0.25) is 0 Å². The number of hydrogen-bond donors (Lipinski definition) is 2. The highest BCUT2D eigenvalue weighted by atomic mass is 35.5. The average molecular weight is 436 g/mol. The number of carbonyl (C=O) groups excluding carboxylic acids is 2. The normalized spacial score (nSPS) is 14.0. The predicted molar refractivity (Wildman–Crippen MR) is 114 cm³/mol. The van der Waals surface area contributed by atoms with Gasteiger partial charge >= 0.3 is 6.03 Å². The summed E-state index contributed by atoms with van der Waals surface area (Å²) in [5, 5.41) is 13.0. The van der Waals surface area contributed by atoms with Gasteiger partial charge in [0.15, 0.2) is 0 Å². The third-order valence-corrected chi connectivity index (χ3v) is 5.42. The molecule has 0 saturated carbocycles. The minimum atomic E-state index is -0.152. The van der Waals surface area contributed by atoms with Crippen LogP contribution in [0, 0.1) is 0 Å². The maximum atomic E-state index is 12.6. The molecule has 0 unspecified atom stereocenters. The van der Waals surface area contributed by atoms with Crippen LogP contribution in [0.15, 0.2) is 42.5 Å². The average Bonchev–Trinajstić information content (AvgIpc) is 2.72. The van der Waals surface area contributed by atoms with Crippen molar-refractivity contribution in [1.29, 1.82) is 0 Å². The monoisotopic (exact) mass is 435 g/mol. The Morgan fingerprint density at radius 3 is 2.28 bits per heavy atom. The zero-order valence-corrected chi connectivity index (χ0v) is 17.4. The second-order valence-corrected chi connectivity index (χ2v) is 7.75. The largest absolute Gasteiger partial charge is 0.508 e. The molecule has 29 heavy (non-hydrogen) atoms. The molecule has 0 atom stereocenters. The molecule has 6 nitrogen and oxygen atoms in total. The highest BCUT2D eigenvalue weighted by Gasteiger charge is 2.25. The minimum Gasteiger partial charge on any atom is -0.508 e. The molecule has 154 valence electrons. The Labute approximate surface area is 180 Å². The number of urea groups is 1. The first kappa shape index (κ1) is 21.3. The molecule has 1 saturated heterocycles. The Morgan fingerprint density at radius 2 is 1.62 bits per heavy atom. The Hall–Kier alpha value is -2.44. The van der Waals surface area contributed by atoms with E-state index in [9.17, 15) is 14.7 Å². The van der Waals surface area contributed by atoms with E-state index in [1.54, 1.807) is 40.1 Å². The SMILES string of the molecule is O=C(NCCCc1ccc(O)cc1)N1CCN(C(=O)c2ccc(Cl)cc2Cl)CC1. The Morgan fingerprint density at radius 1 is 0.966 bits per heavy atom. The van der Waals surface area contributed by atoms with E-state index in [0.29, 0.717) is 48.3 Å². The summed E-state index contributed by atoms with van der Waals surface area (Å²) in [4.78, 5) is 28.4. The molecule has 1 aliphatic rings. The topological polar surface area (TPSA) is 72.9 Å². The van der Waals surface area contributed by atoms with Gasteiger partial charge in [-0.25, -0.2) is 4.79 Å². The number of benzene rings is 2. The predicted octanol–water partition coefficient (Wildman–Crippen LogP) is 3.80. The van der Waals surface area contributed by atoms with E-state index in [4.69, 9.17) is 23.2 Å². The summed E-state index contributed by atoms with van der Waals surface area (Å²) in [6.07, 6.45) is 1.63. The van der Waals surface area contributed by atoms with Gasteiger partial charge in [-0.15, -0.1) is 0 Å². The van der Waals surface area contributed by atoms with Crippen LogP contribution < -0.4 is 5.32 Å². The standard InChI is InChI=1S/C21H23Cl2N3O3/c22-16-5-8-18(19(23)14-16)20(28)25-10-12-26(13-11-25)21(29)24-9-1-2-15-3-6-17(27)7-4-15/h3-8,14,27H,1-2,9-13H2,(H,24,29). The molecule has 0 bridgehead atoms. The summed E-state index contributed by atoms with van der Waals surface area (Å²) < 4.78 is 0. The maximum Gasteiger partial charge on any atom is 0.317 e.